The largest absolute Gasteiger partial charge is 0.487 e. The lowest BCUT2D eigenvalue weighted by Gasteiger charge is -2.33. The van der Waals surface area contributed by atoms with Crippen molar-refractivity contribution in [3.8, 4) is 5.75 Å². The standard InChI is InChI=1S/C19H29NO/c1-13-5-7-17(14(2)9-13)20-12-15-6-8-18-16(10-15)11-19(3,4)21-18/h6,8,10,13-14,17,20H,5,7,9,11-12H2,1-4H3. The number of nitrogens with one attached hydrogen (secondary N) is 1. The number of ether oxygens (including phenoxy) is 1. The molecular formula is C19H29NO. The number of benzene rings is 1. The highest BCUT2D eigenvalue weighted by Crippen LogP contribution is 2.35. The van der Waals surface area contributed by atoms with E-state index in [4.69, 9.17) is 4.74 Å². The topological polar surface area (TPSA) is 21.3 Å². The van der Waals surface area contributed by atoms with Gasteiger partial charge < -0.3 is 10.1 Å². The van der Waals surface area contributed by atoms with Gasteiger partial charge in [-0.05, 0) is 62.1 Å². The fraction of sp³-hybridized carbons (Fsp3) is 0.684. The minimum atomic E-state index is -0.0393. The SMILES string of the molecule is CC1CCC(NCc2ccc3c(c2)CC(C)(C)O3)C(C)C1. The van der Waals surface area contributed by atoms with Crippen LogP contribution in [0.1, 0.15) is 58.1 Å². The highest BCUT2D eigenvalue weighted by molar-refractivity contribution is 5.41. The van der Waals surface area contributed by atoms with Crippen LogP contribution >= 0.6 is 0 Å². The summed E-state index contributed by atoms with van der Waals surface area (Å²) in [6.45, 7) is 10.1. The smallest absolute Gasteiger partial charge is 0.123 e. The molecule has 0 bridgehead atoms. The molecule has 0 spiro atoms. The summed E-state index contributed by atoms with van der Waals surface area (Å²) in [7, 11) is 0. The molecule has 0 amide bonds. The summed E-state index contributed by atoms with van der Waals surface area (Å²) in [5.74, 6) is 2.77. The van der Waals surface area contributed by atoms with Gasteiger partial charge in [0.1, 0.15) is 11.4 Å². The van der Waals surface area contributed by atoms with Gasteiger partial charge in [0, 0.05) is 19.0 Å². The zero-order valence-electron chi connectivity index (χ0n) is 13.9. The van der Waals surface area contributed by atoms with Gasteiger partial charge in [0.15, 0.2) is 0 Å². The molecule has 1 heterocycles. The summed E-state index contributed by atoms with van der Waals surface area (Å²) in [5.41, 5.74) is 2.72. The van der Waals surface area contributed by atoms with Crippen molar-refractivity contribution >= 4 is 0 Å². The quantitative estimate of drug-likeness (QED) is 0.894. The first kappa shape index (κ1) is 14.9. The first-order valence-corrected chi connectivity index (χ1v) is 8.47. The average Bonchev–Trinajstić information content (AvgIpc) is 2.70. The zero-order valence-corrected chi connectivity index (χ0v) is 13.9. The number of fused-ring (bicyclic) bond motifs is 1. The Hall–Kier alpha value is -1.02. The van der Waals surface area contributed by atoms with Gasteiger partial charge in [0.25, 0.3) is 0 Å². The van der Waals surface area contributed by atoms with Crippen LogP contribution in [0.2, 0.25) is 0 Å². The normalized spacial score (nSPS) is 30.8. The average molecular weight is 287 g/mol. The molecule has 1 aromatic rings. The van der Waals surface area contributed by atoms with Crippen LogP contribution in [0.5, 0.6) is 5.75 Å². The van der Waals surface area contributed by atoms with Crippen LogP contribution in [0, 0.1) is 11.8 Å². The Morgan fingerprint density at radius 2 is 2.05 bits per heavy atom. The fourth-order valence-corrected chi connectivity index (χ4v) is 3.99. The number of rotatable bonds is 3. The summed E-state index contributed by atoms with van der Waals surface area (Å²) < 4.78 is 5.95. The molecule has 1 aliphatic heterocycles. The van der Waals surface area contributed by atoms with E-state index in [9.17, 15) is 0 Å². The molecule has 0 aromatic heterocycles. The Balaban J connectivity index is 1.60. The van der Waals surface area contributed by atoms with Crippen molar-refractivity contribution in [1.29, 1.82) is 0 Å². The van der Waals surface area contributed by atoms with Crippen molar-refractivity contribution in [1.82, 2.24) is 5.32 Å². The molecule has 2 aliphatic rings. The Morgan fingerprint density at radius 1 is 1.24 bits per heavy atom. The van der Waals surface area contributed by atoms with E-state index in [1.165, 1.54) is 30.4 Å². The maximum absolute atomic E-state index is 5.95. The summed E-state index contributed by atoms with van der Waals surface area (Å²) >= 11 is 0. The number of hydrogen-bond donors (Lipinski definition) is 1. The van der Waals surface area contributed by atoms with Gasteiger partial charge in [-0.15, -0.1) is 0 Å². The number of hydrogen-bond acceptors (Lipinski definition) is 2. The van der Waals surface area contributed by atoms with E-state index in [0.29, 0.717) is 6.04 Å². The van der Waals surface area contributed by atoms with Gasteiger partial charge in [-0.3, -0.25) is 0 Å². The van der Waals surface area contributed by atoms with E-state index < -0.39 is 0 Å². The third-order valence-electron chi connectivity index (χ3n) is 5.13. The Bertz CT molecular complexity index is 508. The first-order valence-electron chi connectivity index (χ1n) is 8.47. The Labute approximate surface area is 129 Å². The minimum absolute atomic E-state index is 0.0393. The van der Waals surface area contributed by atoms with Crippen LogP contribution in [0.25, 0.3) is 0 Å². The van der Waals surface area contributed by atoms with Crippen LogP contribution in [0.4, 0.5) is 0 Å². The Kier molecular flexibility index (Phi) is 4.00. The van der Waals surface area contributed by atoms with Crippen molar-refractivity contribution in [2.75, 3.05) is 0 Å². The minimum Gasteiger partial charge on any atom is -0.487 e. The fourth-order valence-electron chi connectivity index (χ4n) is 3.99. The molecule has 3 atom stereocenters. The van der Waals surface area contributed by atoms with Crippen LogP contribution < -0.4 is 10.1 Å². The summed E-state index contributed by atoms with van der Waals surface area (Å²) in [5, 5.41) is 3.78. The molecule has 1 aliphatic carbocycles. The van der Waals surface area contributed by atoms with Crippen molar-refractivity contribution in [3.05, 3.63) is 29.3 Å². The van der Waals surface area contributed by atoms with Gasteiger partial charge in [-0.2, -0.15) is 0 Å². The van der Waals surface area contributed by atoms with E-state index in [2.05, 4.69) is 51.2 Å². The maximum atomic E-state index is 5.95. The second kappa shape index (κ2) is 5.64. The molecule has 21 heavy (non-hydrogen) atoms. The predicted molar refractivity (Wildman–Crippen MR) is 87.7 cm³/mol. The molecule has 3 rings (SSSR count). The third-order valence-corrected chi connectivity index (χ3v) is 5.13. The van der Waals surface area contributed by atoms with E-state index in [1.54, 1.807) is 0 Å². The lowest BCUT2D eigenvalue weighted by molar-refractivity contribution is 0.138. The molecule has 0 saturated heterocycles. The molecule has 2 nitrogen and oxygen atoms in total. The molecule has 1 aromatic carbocycles. The lowest BCUT2D eigenvalue weighted by atomic mass is 9.80. The molecule has 1 N–H and O–H groups in total. The van der Waals surface area contributed by atoms with E-state index in [0.717, 1.165) is 30.6 Å². The predicted octanol–water partition coefficient (Wildman–Crippen LogP) is 4.31. The maximum Gasteiger partial charge on any atom is 0.123 e. The van der Waals surface area contributed by atoms with Gasteiger partial charge in [0.05, 0.1) is 0 Å². The monoisotopic (exact) mass is 287 g/mol. The van der Waals surface area contributed by atoms with E-state index >= 15 is 0 Å². The molecule has 116 valence electrons. The van der Waals surface area contributed by atoms with Crippen LogP contribution in [0.15, 0.2) is 18.2 Å². The van der Waals surface area contributed by atoms with E-state index in [-0.39, 0.29) is 5.60 Å². The van der Waals surface area contributed by atoms with Crippen molar-refractivity contribution < 1.29 is 4.74 Å². The first-order chi connectivity index (χ1) is 9.93. The Morgan fingerprint density at radius 3 is 2.81 bits per heavy atom. The van der Waals surface area contributed by atoms with Crippen LogP contribution in [-0.2, 0) is 13.0 Å². The van der Waals surface area contributed by atoms with Crippen molar-refractivity contribution in [3.63, 3.8) is 0 Å². The zero-order chi connectivity index (χ0) is 15.0. The van der Waals surface area contributed by atoms with Gasteiger partial charge in [-0.25, -0.2) is 0 Å². The van der Waals surface area contributed by atoms with Crippen molar-refractivity contribution in [2.45, 2.75) is 71.6 Å². The summed E-state index contributed by atoms with van der Waals surface area (Å²) in [6, 6.07) is 7.37. The second-order valence-corrected chi connectivity index (χ2v) is 7.86. The molecule has 1 fully saturated rings. The highest BCUT2D eigenvalue weighted by atomic mass is 16.5. The van der Waals surface area contributed by atoms with Crippen LogP contribution in [0.3, 0.4) is 0 Å². The van der Waals surface area contributed by atoms with Gasteiger partial charge in [-0.1, -0.05) is 26.0 Å². The molecular weight excluding hydrogens is 258 g/mol. The van der Waals surface area contributed by atoms with E-state index in [1.807, 2.05) is 0 Å². The molecule has 1 saturated carbocycles. The van der Waals surface area contributed by atoms with Crippen LogP contribution in [-0.4, -0.2) is 11.6 Å². The molecule has 2 heteroatoms. The highest BCUT2D eigenvalue weighted by Gasteiger charge is 2.30. The third kappa shape index (κ3) is 3.42. The summed E-state index contributed by atoms with van der Waals surface area (Å²) in [4.78, 5) is 0. The molecule has 3 unspecified atom stereocenters. The van der Waals surface area contributed by atoms with Gasteiger partial charge in [0.2, 0.25) is 0 Å². The van der Waals surface area contributed by atoms with Gasteiger partial charge >= 0.3 is 0 Å². The summed E-state index contributed by atoms with van der Waals surface area (Å²) in [6.07, 6.45) is 5.08. The second-order valence-electron chi connectivity index (χ2n) is 7.86. The lowest BCUT2D eigenvalue weighted by Crippen LogP contribution is -2.38. The van der Waals surface area contributed by atoms with Crippen molar-refractivity contribution in [2.24, 2.45) is 11.8 Å². The molecule has 0 radical (unpaired) electrons.